The Labute approximate surface area is 140 Å². The van der Waals surface area contributed by atoms with Crippen molar-refractivity contribution in [2.45, 2.75) is 6.42 Å². The number of rotatable bonds is 6. The van der Waals surface area contributed by atoms with Crippen molar-refractivity contribution in [1.29, 1.82) is 5.26 Å². The maximum Gasteiger partial charge on any atom is 0.339 e. The van der Waals surface area contributed by atoms with Crippen LogP contribution in [0.15, 0.2) is 48.5 Å². The minimum Gasteiger partial charge on any atom is -0.465 e. The Morgan fingerprint density at radius 1 is 1.12 bits per heavy atom. The molecule has 0 spiro atoms. The molecule has 0 radical (unpaired) electrons. The molecule has 6 nitrogen and oxygen atoms in total. The number of amides is 1. The Hall–Kier alpha value is -3.33. The van der Waals surface area contributed by atoms with Crippen LogP contribution in [-0.4, -0.2) is 25.5 Å². The average Bonchev–Trinajstić information content (AvgIpc) is 2.61. The second-order valence-corrected chi connectivity index (χ2v) is 4.97. The van der Waals surface area contributed by atoms with Crippen LogP contribution in [0.1, 0.15) is 15.9 Å². The second kappa shape index (κ2) is 8.34. The van der Waals surface area contributed by atoms with Gasteiger partial charge in [-0.15, -0.1) is 0 Å². The van der Waals surface area contributed by atoms with E-state index in [9.17, 15) is 9.59 Å². The normalized spacial score (nSPS) is 9.67. The summed E-state index contributed by atoms with van der Waals surface area (Å²) < 4.78 is 4.71. The molecule has 2 rings (SSSR count). The van der Waals surface area contributed by atoms with Gasteiger partial charge in [0.1, 0.15) is 0 Å². The van der Waals surface area contributed by atoms with Crippen LogP contribution < -0.4 is 10.6 Å². The lowest BCUT2D eigenvalue weighted by Gasteiger charge is -2.11. The van der Waals surface area contributed by atoms with E-state index in [1.165, 1.54) is 7.11 Å². The number of nitrogens with one attached hydrogen (secondary N) is 2. The number of benzene rings is 2. The fraction of sp³-hybridized carbons (Fsp3) is 0.167. The van der Waals surface area contributed by atoms with Gasteiger partial charge in [-0.25, -0.2) is 4.79 Å². The number of hydrogen-bond donors (Lipinski definition) is 2. The van der Waals surface area contributed by atoms with Crippen LogP contribution in [0.3, 0.4) is 0 Å². The number of hydrogen-bond acceptors (Lipinski definition) is 5. The zero-order chi connectivity index (χ0) is 17.4. The van der Waals surface area contributed by atoms with E-state index >= 15 is 0 Å². The summed E-state index contributed by atoms with van der Waals surface area (Å²) in [7, 11) is 1.31. The minimum absolute atomic E-state index is 0.00789. The molecule has 0 saturated heterocycles. The molecule has 0 aliphatic rings. The molecule has 2 aromatic rings. The molecular formula is C18H17N3O3. The maximum absolute atomic E-state index is 12.0. The van der Waals surface area contributed by atoms with Crippen molar-refractivity contribution >= 4 is 23.3 Å². The highest BCUT2D eigenvalue weighted by molar-refractivity contribution is 5.98. The van der Waals surface area contributed by atoms with Crippen LogP contribution in [0.4, 0.5) is 11.4 Å². The van der Waals surface area contributed by atoms with Crippen LogP contribution >= 0.6 is 0 Å². The van der Waals surface area contributed by atoms with Crippen LogP contribution in [0.25, 0.3) is 0 Å². The summed E-state index contributed by atoms with van der Waals surface area (Å²) >= 11 is 0. The summed E-state index contributed by atoms with van der Waals surface area (Å²) in [5, 5.41) is 14.3. The first-order chi connectivity index (χ1) is 11.6. The average molecular weight is 323 g/mol. The van der Waals surface area contributed by atoms with Crippen molar-refractivity contribution in [3.8, 4) is 6.07 Å². The van der Waals surface area contributed by atoms with Crippen LogP contribution in [0.2, 0.25) is 0 Å². The molecule has 122 valence electrons. The van der Waals surface area contributed by atoms with E-state index in [1.54, 1.807) is 48.5 Å². The van der Waals surface area contributed by atoms with Gasteiger partial charge in [-0.05, 0) is 29.8 Å². The molecule has 2 aromatic carbocycles. The van der Waals surface area contributed by atoms with E-state index in [2.05, 4.69) is 16.7 Å². The van der Waals surface area contributed by atoms with Crippen molar-refractivity contribution in [3.05, 3.63) is 59.7 Å². The zero-order valence-corrected chi connectivity index (χ0v) is 13.2. The maximum atomic E-state index is 12.0. The van der Waals surface area contributed by atoms with E-state index in [0.29, 0.717) is 23.4 Å². The zero-order valence-electron chi connectivity index (χ0n) is 13.2. The predicted molar refractivity (Wildman–Crippen MR) is 90.7 cm³/mol. The van der Waals surface area contributed by atoms with Gasteiger partial charge in [0, 0.05) is 11.4 Å². The largest absolute Gasteiger partial charge is 0.465 e. The smallest absolute Gasteiger partial charge is 0.339 e. The first-order valence-corrected chi connectivity index (χ1v) is 7.31. The highest BCUT2D eigenvalue weighted by Gasteiger charge is 2.11. The molecule has 0 aromatic heterocycles. The van der Waals surface area contributed by atoms with Crippen molar-refractivity contribution in [2.24, 2.45) is 0 Å². The van der Waals surface area contributed by atoms with E-state index in [4.69, 9.17) is 10.00 Å². The number of anilines is 2. The van der Waals surface area contributed by atoms with Crippen molar-refractivity contribution in [3.63, 3.8) is 0 Å². The molecular weight excluding hydrogens is 306 g/mol. The van der Waals surface area contributed by atoms with Crippen LogP contribution in [0, 0.1) is 11.3 Å². The molecule has 0 saturated carbocycles. The van der Waals surface area contributed by atoms with Gasteiger partial charge < -0.3 is 15.4 Å². The monoisotopic (exact) mass is 323 g/mol. The number of ether oxygens (including phenoxy) is 1. The summed E-state index contributed by atoms with van der Waals surface area (Å²) in [6.45, 7) is 0.00789. The minimum atomic E-state index is -0.466. The van der Waals surface area contributed by atoms with Gasteiger partial charge in [-0.1, -0.05) is 24.3 Å². The lowest BCUT2D eigenvalue weighted by atomic mass is 10.1. The molecule has 1 amide bonds. The van der Waals surface area contributed by atoms with Crippen molar-refractivity contribution in [2.75, 3.05) is 24.3 Å². The first kappa shape index (κ1) is 17.0. The molecule has 0 aliphatic heterocycles. The lowest BCUT2D eigenvalue weighted by Crippen LogP contribution is -2.22. The Bertz CT molecular complexity index is 764. The predicted octanol–water partition coefficient (Wildman–Crippen LogP) is 2.59. The van der Waals surface area contributed by atoms with E-state index < -0.39 is 5.97 Å². The molecule has 0 unspecified atom stereocenters. The molecule has 0 heterocycles. The Morgan fingerprint density at radius 3 is 2.50 bits per heavy atom. The lowest BCUT2D eigenvalue weighted by molar-refractivity contribution is -0.114. The van der Waals surface area contributed by atoms with Gasteiger partial charge in [0.25, 0.3) is 0 Å². The summed E-state index contributed by atoms with van der Waals surface area (Å²) in [6.07, 6.45) is 0.333. The summed E-state index contributed by atoms with van der Waals surface area (Å²) in [6, 6.07) is 16.0. The number of carbonyl (C=O) groups excluding carboxylic acids is 2. The molecule has 0 fully saturated rings. The Kier molecular flexibility index (Phi) is 5.92. The molecule has 0 bridgehead atoms. The van der Waals surface area contributed by atoms with E-state index in [1.807, 2.05) is 0 Å². The van der Waals surface area contributed by atoms with Gasteiger partial charge >= 0.3 is 5.97 Å². The fourth-order valence-corrected chi connectivity index (χ4v) is 2.10. The summed E-state index contributed by atoms with van der Waals surface area (Å²) in [5.74, 6) is -0.714. The number of esters is 1. The fourth-order valence-electron chi connectivity index (χ4n) is 2.10. The third kappa shape index (κ3) is 4.58. The Morgan fingerprint density at radius 2 is 1.83 bits per heavy atom. The molecule has 6 heteroatoms. The van der Waals surface area contributed by atoms with E-state index in [0.717, 1.165) is 5.56 Å². The quantitative estimate of drug-likeness (QED) is 0.797. The SMILES string of the molecule is COC(=O)c1ccccc1NCC(=O)Nc1ccc(CC#N)cc1. The number of para-hydroxylation sites is 1. The van der Waals surface area contributed by atoms with Crippen LogP contribution in [-0.2, 0) is 16.0 Å². The van der Waals surface area contributed by atoms with Gasteiger partial charge in [0.05, 0.1) is 31.7 Å². The first-order valence-electron chi connectivity index (χ1n) is 7.31. The number of carbonyl (C=O) groups is 2. The van der Waals surface area contributed by atoms with Gasteiger partial charge in [0.2, 0.25) is 5.91 Å². The number of nitrogens with zero attached hydrogens (tertiary/aromatic N) is 1. The molecule has 2 N–H and O–H groups in total. The number of nitriles is 1. The molecule has 0 aliphatic carbocycles. The van der Waals surface area contributed by atoms with Gasteiger partial charge in [-0.3, -0.25) is 4.79 Å². The van der Waals surface area contributed by atoms with Crippen molar-refractivity contribution < 1.29 is 14.3 Å². The Balaban J connectivity index is 1.94. The number of methoxy groups -OCH3 is 1. The van der Waals surface area contributed by atoms with Crippen molar-refractivity contribution in [1.82, 2.24) is 0 Å². The second-order valence-electron chi connectivity index (χ2n) is 4.97. The van der Waals surface area contributed by atoms with Crippen LogP contribution in [0.5, 0.6) is 0 Å². The standard InChI is InChI=1S/C18H17N3O3/c1-24-18(23)15-4-2-3-5-16(15)20-12-17(22)21-14-8-6-13(7-9-14)10-11-19/h2-9,20H,10,12H2,1H3,(H,21,22). The van der Waals surface area contributed by atoms with Gasteiger partial charge in [0.15, 0.2) is 0 Å². The topological polar surface area (TPSA) is 91.2 Å². The third-order valence-electron chi connectivity index (χ3n) is 3.29. The highest BCUT2D eigenvalue weighted by Crippen LogP contribution is 2.16. The molecule has 0 atom stereocenters. The summed E-state index contributed by atoms with van der Waals surface area (Å²) in [5.41, 5.74) is 2.43. The van der Waals surface area contributed by atoms with Gasteiger partial charge in [-0.2, -0.15) is 5.26 Å². The van der Waals surface area contributed by atoms with E-state index in [-0.39, 0.29) is 12.5 Å². The summed E-state index contributed by atoms with van der Waals surface area (Å²) in [4.78, 5) is 23.7. The highest BCUT2D eigenvalue weighted by atomic mass is 16.5. The third-order valence-corrected chi connectivity index (χ3v) is 3.29. The molecule has 24 heavy (non-hydrogen) atoms.